The molecule has 3 aliphatic rings. The van der Waals surface area contributed by atoms with Crippen molar-refractivity contribution < 1.29 is 114 Å². The third-order valence-corrected chi connectivity index (χ3v) is 17.4. The minimum absolute atomic E-state index is 0.166. The summed E-state index contributed by atoms with van der Waals surface area (Å²) in [5, 5.41) is 135. The van der Waals surface area contributed by atoms with E-state index in [1.807, 2.05) is 0 Å². The third-order valence-electron chi connectivity index (χ3n) is 17.4. The van der Waals surface area contributed by atoms with E-state index in [0.29, 0.717) is 12.8 Å². The summed E-state index contributed by atoms with van der Waals surface area (Å²) in [6.45, 7) is 5.55. The van der Waals surface area contributed by atoms with Gasteiger partial charge in [-0.05, 0) is 32.1 Å². The van der Waals surface area contributed by atoms with E-state index in [4.69, 9.17) is 33.2 Å². The minimum Gasteiger partial charge on any atom is -0.477 e. The molecule has 0 spiro atoms. The number of hydrogen-bond donors (Lipinski definition) is 14. The van der Waals surface area contributed by atoms with Crippen LogP contribution >= 0.6 is 0 Å². The van der Waals surface area contributed by atoms with Gasteiger partial charge in [0.2, 0.25) is 11.8 Å². The van der Waals surface area contributed by atoms with Gasteiger partial charge >= 0.3 is 11.9 Å². The number of unbranched alkanes of at least 4 members (excludes halogenated alkanes) is 23. The summed E-state index contributed by atoms with van der Waals surface area (Å²) in [4.78, 5) is 51.3. The fourth-order valence-corrected chi connectivity index (χ4v) is 11.4. The summed E-state index contributed by atoms with van der Waals surface area (Å²) >= 11 is 0. The number of carboxylic acids is 1. The minimum atomic E-state index is -2.98. The second-order valence-corrected chi connectivity index (χ2v) is 25.0. The Kier molecular flexibility index (Phi) is 40.1. The van der Waals surface area contributed by atoms with E-state index in [9.17, 15) is 80.5 Å². The summed E-state index contributed by atoms with van der Waals surface area (Å²) in [5.41, 5.74) is 0. The number of aliphatic hydroxyl groups is 11. The Labute approximate surface area is 527 Å². The maximum absolute atomic E-state index is 13.5. The molecular formula is C64H116N2O23. The van der Waals surface area contributed by atoms with Crippen LogP contribution in [-0.2, 0) is 52.3 Å². The first-order valence-electron chi connectivity index (χ1n) is 33.5. The lowest BCUT2D eigenvalue weighted by Crippen LogP contribution is -2.69. The molecular weight excluding hydrogens is 1160 g/mol. The van der Waals surface area contributed by atoms with Gasteiger partial charge in [-0.15, -0.1) is 0 Å². The van der Waals surface area contributed by atoms with E-state index in [0.717, 1.165) is 64.2 Å². The number of aliphatic hydroxyl groups excluding tert-OH is 11. The summed E-state index contributed by atoms with van der Waals surface area (Å²) in [7, 11) is 0. The molecule has 520 valence electrons. The lowest BCUT2D eigenvalue weighted by atomic mass is 9.88. The average molecular weight is 1280 g/mol. The quantitative estimate of drug-likeness (QED) is 0.0234. The van der Waals surface area contributed by atoms with Crippen molar-refractivity contribution in [3.05, 3.63) is 12.2 Å². The number of carbonyl (C=O) groups is 4. The van der Waals surface area contributed by atoms with E-state index < -0.39 is 173 Å². The molecule has 25 heteroatoms. The van der Waals surface area contributed by atoms with Crippen molar-refractivity contribution in [2.24, 2.45) is 5.92 Å². The maximum Gasteiger partial charge on any atom is 0.364 e. The number of allylic oxidation sites excluding steroid dienone is 1. The van der Waals surface area contributed by atoms with Crippen molar-refractivity contribution in [3.8, 4) is 0 Å². The molecule has 89 heavy (non-hydrogen) atoms. The SMILES string of the molecule is CCCCCCCCCCCCCCCCCCCC[C@@H](O)C(=O)N[C@@H](CO[C@@H]1O[C@H](CO[C@]2(C(=O)O)C[C@H](O)[C@@H](NC(=O)CO[C@@H]3O[C@@H](C)[C@H](OC(C)=O)[C@@H](O)[C@@H]3O)[C@H]([C@H](O)[C@H](O)CO)O2)[C@@H](O)[C@H](O)[C@H]1O)[C@H](O)/C=C/CCCCCCCCC(C)CC. The highest BCUT2D eigenvalue weighted by molar-refractivity contribution is 5.81. The number of esters is 1. The molecule has 1 unspecified atom stereocenters. The summed E-state index contributed by atoms with van der Waals surface area (Å²) < 4.78 is 39.0. The molecule has 3 rings (SSSR count). The van der Waals surface area contributed by atoms with Gasteiger partial charge in [-0.2, -0.15) is 0 Å². The van der Waals surface area contributed by atoms with Gasteiger partial charge in [0.1, 0.15) is 67.6 Å². The van der Waals surface area contributed by atoms with Crippen molar-refractivity contribution in [2.45, 2.75) is 337 Å². The zero-order valence-electron chi connectivity index (χ0n) is 53.8. The van der Waals surface area contributed by atoms with Gasteiger partial charge in [0.25, 0.3) is 5.79 Å². The highest BCUT2D eigenvalue weighted by Crippen LogP contribution is 2.35. The summed E-state index contributed by atoms with van der Waals surface area (Å²) in [6.07, 6.45) is 5.12. The Hall–Kier alpha value is -3.06. The van der Waals surface area contributed by atoms with Gasteiger partial charge in [-0.25, -0.2) is 4.79 Å². The third kappa shape index (κ3) is 29.0. The monoisotopic (exact) mass is 1280 g/mol. The molecule has 0 aromatic rings. The number of carbonyl (C=O) groups excluding carboxylic acids is 3. The lowest BCUT2D eigenvalue weighted by molar-refractivity contribution is -0.339. The molecule has 0 saturated carbocycles. The molecule has 3 heterocycles. The zero-order valence-corrected chi connectivity index (χ0v) is 53.8. The van der Waals surface area contributed by atoms with Crippen LogP contribution in [0, 0.1) is 5.92 Å². The van der Waals surface area contributed by atoms with Crippen molar-refractivity contribution >= 4 is 23.8 Å². The smallest absolute Gasteiger partial charge is 0.364 e. The molecule has 14 N–H and O–H groups in total. The highest BCUT2D eigenvalue weighted by Gasteiger charge is 2.57. The second-order valence-electron chi connectivity index (χ2n) is 25.0. The Morgan fingerprint density at radius 1 is 0.674 bits per heavy atom. The molecule has 3 saturated heterocycles. The molecule has 2 amide bonds. The fraction of sp³-hybridized carbons (Fsp3) is 0.906. The number of nitrogens with one attached hydrogen (secondary N) is 2. The van der Waals surface area contributed by atoms with Crippen molar-refractivity contribution in [1.82, 2.24) is 10.6 Å². The van der Waals surface area contributed by atoms with Crippen molar-refractivity contribution in [2.75, 3.05) is 26.4 Å². The van der Waals surface area contributed by atoms with Gasteiger partial charge < -0.3 is 105 Å². The van der Waals surface area contributed by atoms with E-state index in [1.165, 1.54) is 122 Å². The predicted octanol–water partition coefficient (Wildman–Crippen LogP) is 3.73. The fourth-order valence-electron chi connectivity index (χ4n) is 11.4. The topological polar surface area (TPSA) is 400 Å². The average Bonchev–Trinajstić information content (AvgIpc) is 0.953. The van der Waals surface area contributed by atoms with Crippen LogP contribution in [0.4, 0.5) is 0 Å². The highest BCUT2D eigenvalue weighted by atomic mass is 16.7. The van der Waals surface area contributed by atoms with E-state index >= 15 is 0 Å². The summed E-state index contributed by atoms with van der Waals surface area (Å²) in [5.74, 6) is -6.82. The normalized spacial score (nSPS) is 29.5. The molecule has 0 aromatic heterocycles. The Bertz CT molecular complexity index is 1960. The maximum atomic E-state index is 13.5. The van der Waals surface area contributed by atoms with Crippen LogP contribution in [0.25, 0.3) is 0 Å². The van der Waals surface area contributed by atoms with Crippen molar-refractivity contribution in [3.63, 3.8) is 0 Å². The van der Waals surface area contributed by atoms with Gasteiger partial charge in [0, 0.05) is 13.3 Å². The van der Waals surface area contributed by atoms with Gasteiger partial charge in [-0.3, -0.25) is 14.4 Å². The van der Waals surface area contributed by atoms with Crippen LogP contribution < -0.4 is 10.6 Å². The Morgan fingerprint density at radius 3 is 1.74 bits per heavy atom. The summed E-state index contributed by atoms with van der Waals surface area (Å²) in [6, 6.07) is -3.02. The van der Waals surface area contributed by atoms with E-state index in [-0.39, 0.29) is 6.42 Å². The van der Waals surface area contributed by atoms with E-state index in [2.05, 4.69) is 31.4 Å². The number of ether oxygens (including phenoxy) is 7. The molecule has 20 atom stereocenters. The molecule has 0 bridgehead atoms. The standard InChI is InChI=1S/C64H116N2O23/c1-6-8-9-10-11-12-13-14-15-16-17-18-19-20-21-26-29-32-35-46(70)60(80)65-44(45(69)34-31-28-25-23-22-24-27-30-33-41(3)7-2)38-83-62-56(78)54(76)53(75)49(88-62)39-85-64(63(81)82)36-47(71)51(59(89-64)52(74)48(72)37-67)66-50(73)40-84-61-57(79)55(77)58(42(4)86-61)87-43(5)68/h31,34,41-42,44-49,51-59,61-62,67,69-72,74-79H,6-30,32-33,35-40H2,1-5H3,(H,65,80)(H,66,73)(H,81,82)/b34-31+/t41?,42-,44-,45+,46+,47-,48+,49+,51+,52+,53+,54-,55-,56+,57-,58-,59+,61+,62+,64+/m0/s1. The number of amides is 2. The zero-order chi connectivity index (χ0) is 65.9. The van der Waals surface area contributed by atoms with Crippen LogP contribution in [0.3, 0.4) is 0 Å². The van der Waals surface area contributed by atoms with Crippen LogP contribution in [-0.4, -0.2) is 227 Å². The Morgan fingerprint density at radius 2 is 1.20 bits per heavy atom. The predicted molar refractivity (Wildman–Crippen MR) is 326 cm³/mol. The lowest BCUT2D eigenvalue weighted by Gasteiger charge is -2.47. The molecule has 0 aromatic carbocycles. The molecule has 25 nitrogen and oxygen atoms in total. The molecule has 0 aliphatic carbocycles. The first-order valence-corrected chi connectivity index (χ1v) is 33.5. The van der Waals surface area contributed by atoms with Gasteiger partial charge in [0.05, 0.1) is 50.2 Å². The number of aliphatic carboxylic acids is 1. The number of hydrogen-bond acceptors (Lipinski definition) is 22. The number of rotatable bonds is 48. The number of carboxylic acid groups (broad SMARTS) is 1. The first-order chi connectivity index (χ1) is 42.5. The van der Waals surface area contributed by atoms with Crippen LogP contribution in [0.1, 0.15) is 221 Å². The van der Waals surface area contributed by atoms with Crippen LogP contribution in [0.2, 0.25) is 0 Å². The van der Waals surface area contributed by atoms with Gasteiger partial charge in [-0.1, -0.05) is 193 Å². The van der Waals surface area contributed by atoms with E-state index in [1.54, 1.807) is 6.08 Å². The molecule has 3 fully saturated rings. The van der Waals surface area contributed by atoms with Gasteiger partial charge in [0.15, 0.2) is 18.7 Å². The van der Waals surface area contributed by atoms with Crippen LogP contribution in [0.5, 0.6) is 0 Å². The largest absolute Gasteiger partial charge is 0.477 e. The molecule has 0 radical (unpaired) electrons. The second kappa shape index (κ2) is 44.5. The Balaban J connectivity index is 1.64. The van der Waals surface area contributed by atoms with Crippen LogP contribution in [0.15, 0.2) is 12.2 Å². The van der Waals surface area contributed by atoms with Crippen molar-refractivity contribution in [1.29, 1.82) is 0 Å². The first kappa shape index (κ1) is 80.2. The molecule has 3 aliphatic heterocycles.